The van der Waals surface area contributed by atoms with Crippen LogP contribution in [0.4, 0.5) is 0 Å². The normalized spacial score (nSPS) is 21.4. The Balaban J connectivity index is 0.00000261. The van der Waals surface area contributed by atoms with Crippen LogP contribution in [0.5, 0.6) is 5.75 Å². The molecule has 2 N–H and O–H groups in total. The first-order valence-electron chi connectivity index (χ1n) is 8.74. The van der Waals surface area contributed by atoms with Crippen molar-refractivity contribution in [3.63, 3.8) is 0 Å². The quantitative estimate of drug-likeness (QED) is 0.770. The van der Waals surface area contributed by atoms with E-state index in [-0.39, 0.29) is 34.8 Å². The largest absolute Gasteiger partial charge is 0.496 e. The van der Waals surface area contributed by atoms with Gasteiger partial charge in [-0.1, -0.05) is 0 Å². The molecule has 1 amide bonds. The molecule has 2 saturated heterocycles. The van der Waals surface area contributed by atoms with E-state index in [2.05, 4.69) is 0 Å². The van der Waals surface area contributed by atoms with Gasteiger partial charge in [0.25, 0.3) is 5.91 Å². The van der Waals surface area contributed by atoms with Gasteiger partial charge in [0.2, 0.25) is 10.0 Å². The number of ether oxygens (including phenoxy) is 2. The van der Waals surface area contributed by atoms with E-state index in [4.69, 9.17) is 15.2 Å². The van der Waals surface area contributed by atoms with Crippen molar-refractivity contribution >= 4 is 28.3 Å². The summed E-state index contributed by atoms with van der Waals surface area (Å²) in [6, 6.07) is 4.36. The highest BCUT2D eigenvalue weighted by atomic mass is 35.5. The fourth-order valence-electron chi connectivity index (χ4n) is 3.32. The number of likely N-dealkylation sites (tertiary alicyclic amines) is 1. The number of morpholine rings is 1. The highest BCUT2D eigenvalue weighted by Gasteiger charge is 2.30. The number of piperidine rings is 1. The molecule has 8 nitrogen and oxygen atoms in total. The summed E-state index contributed by atoms with van der Waals surface area (Å²) < 4.78 is 37.6. The molecule has 2 heterocycles. The lowest BCUT2D eigenvalue weighted by atomic mass is 10.0. The Kier molecular flexibility index (Phi) is 7.47. The number of halogens is 1. The molecule has 10 heteroatoms. The van der Waals surface area contributed by atoms with Gasteiger partial charge in [-0.3, -0.25) is 4.79 Å². The van der Waals surface area contributed by atoms with Crippen molar-refractivity contribution in [2.75, 3.05) is 46.5 Å². The van der Waals surface area contributed by atoms with Gasteiger partial charge in [0.05, 0.1) is 30.8 Å². The van der Waals surface area contributed by atoms with E-state index in [1.807, 2.05) is 0 Å². The maximum Gasteiger partial charge on any atom is 0.257 e. The Morgan fingerprint density at radius 2 is 1.96 bits per heavy atom. The molecular formula is C17H26ClN3O5S. The van der Waals surface area contributed by atoms with E-state index in [9.17, 15) is 13.2 Å². The van der Waals surface area contributed by atoms with Crippen LogP contribution < -0.4 is 10.5 Å². The van der Waals surface area contributed by atoms with Gasteiger partial charge in [-0.05, 0) is 31.0 Å². The average molecular weight is 420 g/mol. The minimum atomic E-state index is -3.68. The number of carbonyl (C=O) groups is 1. The van der Waals surface area contributed by atoms with Crippen molar-refractivity contribution in [2.24, 2.45) is 5.73 Å². The predicted molar refractivity (Wildman–Crippen MR) is 103 cm³/mol. The minimum absolute atomic E-state index is 0. The molecule has 3 rings (SSSR count). The molecule has 0 saturated carbocycles. The van der Waals surface area contributed by atoms with Crippen LogP contribution in [0, 0.1) is 0 Å². The molecule has 0 aliphatic carbocycles. The molecule has 27 heavy (non-hydrogen) atoms. The first-order chi connectivity index (χ1) is 12.4. The van der Waals surface area contributed by atoms with E-state index in [0.717, 1.165) is 12.8 Å². The first-order valence-corrected chi connectivity index (χ1v) is 10.2. The summed E-state index contributed by atoms with van der Waals surface area (Å²) in [5, 5.41) is 0. The molecule has 152 valence electrons. The Hall–Kier alpha value is -1.39. The summed E-state index contributed by atoms with van der Waals surface area (Å²) in [4.78, 5) is 14.7. The molecule has 2 aliphatic heterocycles. The Morgan fingerprint density at radius 3 is 2.59 bits per heavy atom. The lowest BCUT2D eigenvalue weighted by Gasteiger charge is -2.31. The van der Waals surface area contributed by atoms with E-state index in [1.54, 1.807) is 4.90 Å². The van der Waals surface area contributed by atoms with Gasteiger partial charge in [0.15, 0.2) is 0 Å². The SMILES string of the molecule is COc1ccc(S(=O)(=O)N2CCOCC2)cc1C(=O)N1CCCC(N)C1.Cl. The smallest absolute Gasteiger partial charge is 0.257 e. The van der Waals surface area contributed by atoms with E-state index >= 15 is 0 Å². The number of methoxy groups -OCH3 is 1. The van der Waals surface area contributed by atoms with Gasteiger partial charge in [-0.25, -0.2) is 8.42 Å². The lowest BCUT2D eigenvalue weighted by molar-refractivity contribution is 0.0704. The van der Waals surface area contributed by atoms with E-state index in [1.165, 1.54) is 29.6 Å². The van der Waals surface area contributed by atoms with Crippen LogP contribution in [0.3, 0.4) is 0 Å². The maximum atomic E-state index is 12.9. The van der Waals surface area contributed by atoms with Crippen molar-refractivity contribution in [3.05, 3.63) is 23.8 Å². The summed E-state index contributed by atoms with van der Waals surface area (Å²) in [6.45, 7) is 2.41. The summed E-state index contributed by atoms with van der Waals surface area (Å²) in [7, 11) is -2.22. The number of nitrogens with zero attached hydrogens (tertiary/aromatic N) is 2. The lowest BCUT2D eigenvalue weighted by Crippen LogP contribution is -2.45. The summed E-state index contributed by atoms with van der Waals surface area (Å²) in [6.07, 6.45) is 1.72. The summed E-state index contributed by atoms with van der Waals surface area (Å²) in [5.74, 6) is 0.103. The standard InChI is InChI=1S/C17H25N3O5S.ClH/c1-24-16-5-4-14(26(22,23)20-7-9-25-10-8-20)11-15(16)17(21)19-6-2-3-13(18)12-19;/h4-5,11,13H,2-3,6-10,12,18H2,1H3;1H. The number of benzene rings is 1. The van der Waals surface area contributed by atoms with Gasteiger partial charge >= 0.3 is 0 Å². The van der Waals surface area contributed by atoms with Crippen LogP contribution in [0.15, 0.2) is 23.1 Å². The number of nitrogens with two attached hydrogens (primary N) is 1. The fraction of sp³-hybridized carbons (Fsp3) is 0.588. The van der Waals surface area contributed by atoms with E-state index in [0.29, 0.717) is 45.1 Å². The van der Waals surface area contributed by atoms with Crippen molar-refractivity contribution in [1.82, 2.24) is 9.21 Å². The van der Waals surface area contributed by atoms with Crippen molar-refractivity contribution in [3.8, 4) is 5.75 Å². The Labute approximate surface area is 166 Å². The second kappa shape index (κ2) is 9.20. The Bertz CT molecular complexity index is 768. The van der Waals surface area contributed by atoms with Crippen LogP contribution in [0.25, 0.3) is 0 Å². The number of hydrogen-bond donors (Lipinski definition) is 1. The molecule has 1 unspecified atom stereocenters. The predicted octanol–water partition coefficient (Wildman–Crippen LogP) is 0.701. The number of amides is 1. The molecule has 1 atom stereocenters. The van der Waals surface area contributed by atoms with Crippen molar-refractivity contribution < 1.29 is 22.7 Å². The first kappa shape index (κ1) is 21.9. The highest BCUT2D eigenvalue weighted by Crippen LogP contribution is 2.27. The third kappa shape index (κ3) is 4.72. The van der Waals surface area contributed by atoms with Crippen LogP contribution >= 0.6 is 12.4 Å². The molecule has 2 aliphatic rings. The highest BCUT2D eigenvalue weighted by molar-refractivity contribution is 7.89. The van der Waals surface area contributed by atoms with Crippen LogP contribution in [0.2, 0.25) is 0 Å². The topological polar surface area (TPSA) is 102 Å². The summed E-state index contributed by atoms with van der Waals surface area (Å²) >= 11 is 0. The molecule has 2 fully saturated rings. The molecule has 0 bridgehead atoms. The Morgan fingerprint density at radius 1 is 1.26 bits per heavy atom. The van der Waals surface area contributed by atoms with Crippen molar-refractivity contribution in [2.45, 2.75) is 23.8 Å². The van der Waals surface area contributed by atoms with Gasteiger partial charge in [-0.15, -0.1) is 12.4 Å². The zero-order valence-electron chi connectivity index (χ0n) is 15.3. The van der Waals surface area contributed by atoms with Crippen molar-refractivity contribution in [1.29, 1.82) is 0 Å². The van der Waals surface area contributed by atoms with Gasteiger partial charge in [0, 0.05) is 32.2 Å². The second-order valence-electron chi connectivity index (χ2n) is 6.53. The van der Waals surface area contributed by atoms with Crippen LogP contribution in [-0.2, 0) is 14.8 Å². The fourth-order valence-corrected chi connectivity index (χ4v) is 4.75. The molecule has 0 spiro atoms. The molecular weight excluding hydrogens is 394 g/mol. The van der Waals surface area contributed by atoms with Gasteiger partial charge < -0.3 is 20.1 Å². The minimum Gasteiger partial charge on any atom is -0.496 e. The molecule has 0 radical (unpaired) electrons. The van der Waals surface area contributed by atoms with Crippen LogP contribution in [0.1, 0.15) is 23.2 Å². The number of hydrogen-bond acceptors (Lipinski definition) is 6. The molecule has 1 aromatic carbocycles. The van der Waals surface area contributed by atoms with Gasteiger partial charge in [0.1, 0.15) is 5.75 Å². The molecule has 1 aromatic rings. The maximum absolute atomic E-state index is 12.9. The van der Waals surface area contributed by atoms with E-state index < -0.39 is 10.0 Å². The molecule has 0 aromatic heterocycles. The number of rotatable bonds is 4. The average Bonchev–Trinajstić information content (AvgIpc) is 2.67. The monoisotopic (exact) mass is 419 g/mol. The number of carbonyl (C=O) groups excluding carboxylic acids is 1. The second-order valence-corrected chi connectivity index (χ2v) is 8.47. The van der Waals surface area contributed by atoms with Crippen LogP contribution in [-0.4, -0.2) is 76.1 Å². The van der Waals surface area contributed by atoms with Gasteiger partial charge in [-0.2, -0.15) is 4.31 Å². The zero-order valence-corrected chi connectivity index (χ0v) is 16.9. The summed E-state index contributed by atoms with van der Waals surface area (Å²) in [5.41, 5.74) is 6.21. The zero-order chi connectivity index (χ0) is 18.7. The third-order valence-corrected chi connectivity index (χ3v) is 6.65. The number of sulfonamides is 1. The third-order valence-electron chi connectivity index (χ3n) is 4.75.